The molecule has 0 heterocycles. The normalized spacial score (nSPS) is 9.77. The molecule has 0 radical (unpaired) electrons. The van der Waals surface area contributed by atoms with Gasteiger partial charge in [0.1, 0.15) is 0 Å². The second-order valence-corrected chi connectivity index (χ2v) is 2.77. The van der Waals surface area contributed by atoms with Gasteiger partial charge in [0.25, 0.3) is 0 Å². The predicted molar refractivity (Wildman–Crippen MR) is 48.1 cm³/mol. The van der Waals surface area contributed by atoms with Crippen LogP contribution in [-0.4, -0.2) is 18.7 Å². The van der Waals surface area contributed by atoms with E-state index in [1.807, 2.05) is 19.2 Å². The van der Waals surface area contributed by atoms with Gasteiger partial charge in [-0.15, -0.1) is 0 Å². The molecule has 0 aliphatic rings. The van der Waals surface area contributed by atoms with Crippen LogP contribution in [0.4, 0.5) is 9.59 Å². The van der Waals surface area contributed by atoms with Crippen molar-refractivity contribution in [3.8, 4) is 0 Å². The van der Waals surface area contributed by atoms with Gasteiger partial charge in [-0.1, -0.05) is 26.7 Å². The molecule has 3 N–H and O–H groups in total. The zero-order valence-corrected chi connectivity index (χ0v) is 8.00. The van der Waals surface area contributed by atoms with Crippen molar-refractivity contribution in [3.63, 3.8) is 0 Å². The second kappa shape index (κ2) is 6.28. The summed E-state index contributed by atoms with van der Waals surface area (Å²) in [6.45, 7) is 4.36. The molecule has 0 bridgehead atoms. The highest BCUT2D eigenvalue weighted by molar-refractivity contribution is 5.89. The molecule has 0 aromatic carbocycles. The number of rotatable bonds is 4. The highest BCUT2D eigenvalue weighted by atomic mass is 16.5. The SMILES string of the molecule is CCC(CC)COC(=O)NC(N)=O. The Hall–Kier alpha value is -1.26. The molecule has 76 valence electrons. The van der Waals surface area contributed by atoms with Crippen LogP contribution in [-0.2, 0) is 4.74 Å². The van der Waals surface area contributed by atoms with Crippen molar-refractivity contribution in [3.05, 3.63) is 0 Å². The molecule has 0 aliphatic heterocycles. The van der Waals surface area contributed by atoms with Gasteiger partial charge in [-0.3, -0.25) is 0 Å². The summed E-state index contributed by atoms with van der Waals surface area (Å²) in [6.07, 6.45) is 1.11. The molecule has 0 spiro atoms. The van der Waals surface area contributed by atoms with E-state index in [2.05, 4.69) is 0 Å². The lowest BCUT2D eigenvalue weighted by molar-refractivity contribution is 0.126. The number of nitrogens with two attached hydrogens (primary N) is 1. The molecule has 3 amide bonds. The predicted octanol–water partition coefficient (Wildman–Crippen LogP) is 1.23. The van der Waals surface area contributed by atoms with Gasteiger partial charge < -0.3 is 10.5 Å². The largest absolute Gasteiger partial charge is 0.449 e. The van der Waals surface area contributed by atoms with Crippen molar-refractivity contribution in [2.45, 2.75) is 26.7 Å². The number of ether oxygens (including phenoxy) is 1. The monoisotopic (exact) mass is 188 g/mol. The molecule has 0 aromatic heterocycles. The number of amides is 3. The summed E-state index contributed by atoms with van der Waals surface area (Å²) in [4.78, 5) is 21.0. The van der Waals surface area contributed by atoms with Gasteiger partial charge in [0.05, 0.1) is 6.61 Å². The Morgan fingerprint density at radius 3 is 2.31 bits per heavy atom. The van der Waals surface area contributed by atoms with Gasteiger partial charge in [0.15, 0.2) is 0 Å². The number of imide groups is 1. The third-order valence-corrected chi connectivity index (χ3v) is 1.83. The molecule has 0 atom stereocenters. The third kappa shape index (κ3) is 5.95. The molecule has 13 heavy (non-hydrogen) atoms. The van der Waals surface area contributed by atoms with E-state index in [0.29, 0.717) is 12.5 Å². The van der Waals surface area contributed by atoms with Crippen LogP contribution in [0.25, 0.3) is 0 Å². The Labute approximate surface area is 77.6 Å². The zero-order chi connectivity index (χ0) is 10.3. The van der Waals surface area contributed by atoms with E-state index < -0.39 is 12.1 Å². The van der Waals surface area contributed by atoms with Gasteiger partial charge in [-0.25, -0.2) is 14.9 Å². The van der Waals surface area contributed by atoms with Gasteiger partial charge in [0.2, 0.25) is 0 Å². The van der Waals surface area contributed by atoms with Crippen LogP contribution in [0.5, 0.6) is 0 Å². The first-order valence-electron chi connectivity index (χ1n) is 4.33. The number of nitrogens with one attached hydrogen (secondary N) is 1. The van der Waals surface area contributed by atoms with Gasteiger partial charge in [-0.05, 0) is 5.92 Å². The molecule has 0 saturated carbocycles. The number of alkyl carbamates (subject to hydrolysis) is 1. The Kier molecular flexibility index (Phi) is 5.67. The van der Waals surface area contributed by atoms with E-state index in [4.69, 9.17) is 10.5 Å². The highest BCUT2D eigenvalue weighted by Gasteiger charge is 2.08. The number of primary amides is 1. The van der Waals surface area contributed by atoms with Gasteiger partial charge in [-0.2, -0.15) is 0 Å². The van der Waals surface area contributed by atoms with Gasteiger partial charge >= 0.3 is 12.1 Å². The Balaban J connectivity index is 3.62. The van der Waals surface area contributed by atoms with E-state index in [-0.39, 0.29) is 0 Å². The first-order valence-corrected chi connectivity index (χ1v) is 4.33. The summed E-state index contributed by atoms with van der Waals surface area (Å²) in [6, 6.07) is -0.894. The smallest absolute Gasteiger partial charge is 0.415 e. The molecule has 0 saturated heterocycles. The lowest BCUT2D eigenvalue weighted by Crippen LogP contribution is -2.36. The molecule has 0 aliphatic carbocycles. The minimum atomic E-state index is -0.894. The number of carbonyl (C=O) groups is 2. The average molecular weight is 188 g/mol. The standard InChI is InChI=1S/C8H16N2O3/c1-3-6(4-2)5-13-8(12)10-7(9)11/h6H,3-5H2,1-2H3,(H3,9,10,11,12). The van der Waals surface area contributed by atoms with E-state index in [0.717, 1.165) is 12.8 Å². The Morgan fingerprint density at radius 1 is 1.38 bits per heavy atom. The number of urea groups is 1. The van der Waals surface area contributed by atoms with Crippen molar-refractivity contribution in [1.82, 2.24) is 5.32 Å². The fraction of sp³-hybridized carbons (Fsp3) is 0.750. The summed E-state index contributed by atoms with van der Waals surface area (Å²) in [5.41, 5.74) is 4.71. The van der Waals surface area contributed by atoms with Crippen LogP contribution in [0.15, 0.2) is 0 Å². The fourth-order valence-corrected chi connectivity index (χ4v) is 0.855. The van der Waals surface area contributed by atoms with Crippen LogP contribution >= 0.6 is 0 Å². The van der Waals surface area contributed by atoms with Crippen LogP contribution < -0.4 is 11.1 Å². The van der Waals surface area contributed by atoms with Crippen molar-refractivity contribution >= 4 is 12.1 Å². The highest BCUT2D eigenvalue weighted by Crippen LogP contribution is 2.07. The van der Waals surface area contributed by atoms with Gasteiger partial charge in [0, 0.05) is 0 Å². The number of hydrogen-bond acceptors (Lipinski definition) is 3. The van der Waals surface area contributed by atoms with Crippen LogP contribution in [0.3, 0.4) is 0 Å². The van der Waals surface area contributed by atoms with Crippen molar-refractivity contribution in [2.24, 2.45) is 11.7 Å². The maximum atomic E-state index is 10.8. The maximum Gasteiger partial charge on any atom is 0.415 e. The third-order valence-electron chi connectivity index (χ3n) is 1.83. The topological polar surface area (TPSA) is 81.4 Å². The van der Waals surface area contributed by atoms with Crippen molar-refractivity contribution < 1.29 is 14.3 Å². The van der Waals surface area contributed by atoms with Crippen molar-refractivity contribution in [1.29, 1.82) is 0 Å². The first-order chi connectivity index (χ1) is 6.10. The van der Waals surface area contributed by atoms with Crippen LogP contribution in [0.2, 0.25) is 0 Å². The summed E-state index contributed by atoms with van der Waals surface area (Å²) >= 11 is 0. The lowest BCUT2D eigenvalue weighted by atomic mass is 10.1. The van der Waals surface area contributed by atoms with E-state index >= 15 is 0 Å². The molecule has 0 aromatic rings. The Bertz CT molecular complexity index is 178. The molecular formula is C8H16N2O3. The van der Waals surface area contributed by atoms with Crippen LogP contribution in [0.1, 0.15) is 26.7 Å². The quantitative estimate of drug-likeness (QED) is 0.696. The molecule has 0 unspecified atom stereocenters. The minimum absolute atomic E-state index is 0.326. The summed E-state index contributed by atoms with van der Waals surface area (Å²) in [5, 5.41) is 1.82. The van der Waals surface area contributed by atoms with Crippen LogP contribution in [0, 0.1) is 5.92 Å². The first kappa shape index (κ1) is 11.7. The minimum Gasteiger partial charge on any atom is -0.449 e. The Morgan fingerprint density at radius 2 is 1.92 bits per heavy atom. The summed E-state index contributed by atoms with van der Waals surface area (Å²) < 4.78 is 4.75. The zero-order valence-electron chi connectivity index (χ0n) is 8.00. The summed E-state index contributed by atoms with van der Waals surface area (Å²) in [5.74, 6) is 0.346. The maximum absolute atomic E-state index is 10.8. The average Bonchev–Trinajstić information content (AvgIpc) is 2.05. The van der Waals surface area contributed by atoms with E-state index in [1.54, 1.807) is 0 Å². The molecule has 0 rings (SSSR count). The lowest BCUT2D eigenvalue weighted by Gasteiger charge is -2.11. The second-order valence-electron chi connectivity index (χ2n) is 2.77. The number of hydrogen-bond donors (Lipinski definition) is 2. The molecular weight excluding hydrogens is 172 g/mol. The van der Waals surface area contributed by atoms with E-state index in [1.165, 1.54) is 0 Å². The van der Waals surface area contributed by atoms with E-state index in [9.17, 15) is 9.59 Å². The molecule has 5 heteroatoms. The number of carbonyl (C=O) groups excluding carboxylic acids is 2. The van der Waals surface area contributed by atoms with Crippen molar-refractivity contribution in [2.75, 3.05) is 6.61 Å². The molecule has 5 nitrogen and oxygen atoms in total. The fourth-order valence-electron chi connectivity index (χ4n) is 0.855. The summed E-state index contributed by atoms with van der Waals surface area (Å²) in [7, 11) is 0. The molecule has 0 fully saturated rings.